The third kappa shape index (κ3) is 9.31. The molecule has 0 aliphatic rings. The highest BCUT2D eigenvalue weighted by Gasteiger charge is 2.39. The Morgan fingerprint density at radius 1 is 1.03 bits per heavy atom. The summed E-state index contributed by atoms with van der Waals surface area (Å²) in [5.74, 6) is -3.79. The molecule has 0 N–H and O–H groups in total. The summed E-state index contributed by atoms with van der Waals surface area (Å²) in [7, 11) is 1.53. The van der Waals surface area contributed by atoms with Gasteiger partial charge in [-0.05, 0) is 62.8 Å². The summed E-state index contributed by atoms with van der Waals surface area (Å²) in [5.41, 5.74) is 0.155. The van der Waals surface area contributed by atoms with Crippen molar-refractivity contribution in [1.82, 2.24) is 4.90 Å². The molecule has 0 bridgehead atoms. The van der Waals surface area contributed by atoms with E-state index in [1.807, 2.05) is 22.6 Å². The minimum absolute atomic E-state index is 0.00864. The number of likely N-dealkylation sites (N-methyl/N-ethyl adjacent to an activating group) is 1. The van der Waals surface area contributed by atoms with Crippen LogP contribution in [0, 0.1) is 7.14 Å². The number of anilines is 1. The summed E-state index contributed by atoms with van der Waals surface area (Å²) in [5, 5.41) is -0.863. The number of ether oxygens (including phenoxy) is 3. The molecule has 202 valence electrons. The molecule has 0 aliphatic carbocycles. The van der Waals surface area contributed by atoms with Gasteiger partial charge in [-0.15, -0.1) is 6.58 Å². The maximum atomic E-state index is 13.6. The van der Waals surface area contributed by atoms with E-state index in [9.17, 15) is 28.8 Å². The maximum absolute atomic E-state index is 13.6. The van der Waals surface area contributed by atoms with Crippen molar-refractivity contribution in [2.45, 2.75) is 33.0 Å². The fourth-order valence-corrected chi connectivity index (χ4v) is 6.82. The van der Waals surface area contributed by atoms with Crippen LogP contribution in [0.2, 0.25) is 0 Å². The molecule has 0 saturated heterocycles. The van der Waals surface area contributed by atoms with Crippen LogP contribution in [0.3, 0.4) is 0 Å². The summed E-state index contributed by atoms with van der Waals surface area (Å²) in [6, 6.07) is 1.39. The molecule has 0 fully saturated rings. The minimum Gasteiger partial charge on any atom is -0.462 e. The number of benzene rings is 1. The molecule has 2 unspecified atom stereocenters. The number of carbonyl (C=O) groups is 6. The van der Waals surface area contributed by atoms with Crippen LogP contribution in [0.1, 0.15) is 41.5 Å². The second-order valence-corrected chi connectivity index (χ2v) is 10.8. The molecule has 0 radical (unpaired) electrons. The van der Waals surface area contributed by atoms with Crippen LogP contribution in [0.25, 0.3) is 0 Å². The van der Waals surface area contributed by atoms with E-state index in [1.54, 1.807) is 45.5 Å². The molecule has 1 aromatic carbocycles. The van der Waals surface area contributed by atoms with Gasteiger partial charge in [-0.25, -0.2) is 3.11 Å². The molecular formula is C22H22ClI3N2O9. The van der Waals surface area contributed by atoms with Crippen molar-refractivity contribution in [2.24, 2.45) is 0 Å². The smallest absolute Gasteiger partial charge is 0.303 e. The Balaban J connectivity index is 3.70. The average molecular weight is 875 g/mol. The molecule has 0 aliphatic heterocycles. The molecule has 0 saturated carbocycles. The van der Waals surface area contributed by atoms with E-state index < -0.39 is 53.8 Å². The summed E-state index contributed by atoms with van der Waals surface area (Å²) in [6.45, 7) is 6.45. The molecule has 1 rings (SSSR count). The van der Waals surface area contributed by atoms with E-state index in [0.717, 1.165) is 23.9 Å². The van der Waals surface area contributed by atoms with E-state index in [1.165, 1.54) is 24.1 Å². The predicted octanol–water partition coefficient (Wildman–Crippen LogP) is 3.64. The van der Waals surface area contributed by atoms with E-state index in [4.69, 9.17) is 25.8 Å². The summed E-state index contributed by atoms with van der Waals surface area (Å²) in [6.07, 6.45) is -1.70. The molecule has 0 aromatic heterocycles. The first kappa shape index (κ1) is 33.5. The summed E-state index contributed by atoms with van der Waals surface area (Å²) >= 11 is 11.0. The van der Waals surface area contributed by atoms with Gasteiger partial charge >= 0.3 is 17.9 Å². The van der Waals surface area contributed by atoms with Crippen molar-refractivity contribution in [3.8, 4) is 0 Å². The van der Waals surface area contributed by atoms with Crippen molar-refractivity contribution in [3.05, 3.63) is 37.0 Å². The van der Waals surface area contributed by atoms with Gasteiger partial charge in [-0.3, -0.25) is 28.8 Å². The number of carbonyl (C=O) groups excluding carboxylic acids is 6. The minimum atomic E-state index is -1.73. The molecule has 1 aromatic rings. The van der Waals surface area contributed by atoms with Crippen LogP contribution in [0.4, 0.5) is 5.69 Å². The Labute approximate surface area is 259 Å². The topological polar surface area (TPSA) is 137 Å². The van der Waals surface area contributed by atoms with E-state index >= 15 is 0 Å². The predicted molar refractivity (Wildman–Crippen MR) is 158 cm³/mol. The zero-order valence-corrected chi connectivity index (χ0v) is 27.2. The van der Waals surface area contributed by atoms with Crippen LogP contribution in [-0.4, -0.2) is 72.3 Å². The average Bonchev–Trinajstić information content (AvgIpc) is 2.78. The van der Waals surface area contributed by atoms with Crippen molar-refractivity contribution in [3.63, 3.8) is 0 Å². The monoisotopic (exact) mass is 874 g/mol. The van der Waals surface area contributed by atoms with E-state index in [0.29, 0.717) is 0 Å². The number of nitrogens with zero attached hydrogens (tertiary/aromatic N) is 2. The first-order valence-corrected chi connectivity index (χ1v) is 13.7. The lowest BCUT2D eigenvalue weighted by Gasteiger charge is -2.28. The molecular weight excluding hydrogens is 852 g/mol. The molecule has 11 nitrogen and oxygen atoms in total. The third-order valence-corrected chi connectivity index (χ3v) is 7.80. The molecule has 0 spiro atoms. The molecule has 2 atom stereocenters. The van der Waals surface area contributed by atoms with Gasteiger partial charge in [0.2, 0.25) is 6.10 Å². The Bertz CT molecular complexity index is 1130. The van der Waals surface area contributed by atoms with Crippen molar-refractivity contribution < 1.29 is 43.0 Å². The van der Waals surface area contributed by atoms with Crippen LogP contribution < -0.4 is 3.11 Å². The SMILES string of the molecule is C=CCN(C)C(=O)c1cc(N(I)C(=O)C(OC(C)=O)C(COC(C)=O)OC(C)=O)c(I)c(C(=O)Cl)c1I. The van der Waals surface area contributed by atoms with Crippen molar-refractivity contribution in [1.29, 1.82) is 0 Å². The van der Waals surface area contributed by atoms with Crippen molar-refractivity contribution >= 4 is 120 Å². The lowest BCUT2D eigenvalue weighted by Crippen LogP contribution is -2.48. The first-order chi connectivity index (χ1) is 17.1. The number of esters is 3. The first-order valence-electron chi connectivity index (χ1n) is 10.2. The zero-order valence-electron chi connectivity index (χ0n) is 20.0. The highest BCUT2D eigenvalue weighted by atomic mass is 127. The van der Waals surface area contributed by atoms with Crippen molar-refractivity contribution in [2.75, 3.05) is 23.3 Å². The zero-order chi connectivity index (χ0) is 28.6. The van der Waals surface area contributed by atoms with Gasteiger partial charge in [-0.2, -0.15) is 0 Å². The van der Waals surface area contributed by atoms with E-state index in [2.05, 4.69) is 6.58 Å². The molecule has 37 heavy (non-hydrogen) atoms. The van der Waals surface area contributed by atoms with Gasteiger partial charge in [0.05, 0.1) is 43.2 Å². The Morgan fingerprint density at radius 2 is 1.59 bits per heavy atom. The Hall–Kier alpha value is -1.54. The Morgan fingerprint density at radius 3 is 2.05 bits per heavy atom. The molecule has 2 amide bonds. The van der Waals surface area contributed by atoms with Gasteiger partial charge in [0.15, 0.2) is 6.10 Å². The lowest BCUT2D eigenvalue weighted by molar-refractivity contribution is -0.175. The van der Waals surface area contributed by atoms with Crippen LogP contribution in [-0.2, 0) is 33.4 Å². The van der Waals surface area contributed by atoms with Gasteiger partial charge in [0.1, 0.15) is 6.61 Å². The van der Waals surface area contributed by atoms with E-state index in [-0.39, 0.29) is 30.5 Å². The second kappa shape index (κ2) is 15.2. The second-order valence-electron chi connectivity index (χ2n) is 7.29. The normalized spacial score (nSPS) is 12.0. The largest absolute Gasteiger partial charge is 0.462 e. The number of amides is 2. The lowest BCUT2D eigenvalue weighted by atomic mass is 10.1. The van der Waals surface area contributed by atoms with Gasteiger partial charge in [-0.1, -0.05) is 6.08 Å². The molecule has 0 heterocycles. The fourth-order valence-electron chi connectivity index (χ4n) is 2.87. The van der Waals surface area contributed by atoms with Crippen LogP contribution in [0.5, 0.6) is 0 Å². The third-order valence-electron chi connectivity index (χ3n) is 4.41. The maximum Gasteiger partial charge on any atom is 0.303 e. The van der Waals surface area contributed by atoms with Gasteiger partial charge < -0.3 is 19.1 Å². The van der Waals surface area contributed by atoms with Crippen LogP contribution >= 0.6 is 79.6 Å². The van der Waals surface area contributed by atoms with Gasteiger partial charge in [0.25, 0.3) is 17.1 Å². The van der Waals surface area contributed by atoms with Gasteiger partial charge in [0, 0.05) is 37.9 Å². The fraction of sp³-hybridized carbons (Fsp3) is 0.364. The quantitative estimate of drug-likeness (QED) is 0.0816. The highest BCUT2D eigenvalue weighted by molar-refractivity contribution is 14.1. The highest BCUT2D eigenvalue weighted by Crippen LogP contribution is 2.36. The summed E-state index contributed by atoms with van der Waals surface area (Å²) < 4.78 is 16.7. The Kier molecular flexibility index (Phi) is 13.7. The number of hydrogen-bond donors (Lipinski definition) is 0. The number of halogens is 4. The number of hydrogen-bond acceptors (Lipinski definition) is 9. The summed E-state index contributed by atoms with van der Waals surface area (Å²) in [4.78, 5) is 75.1. The van der Waals surface area contributed by atoms with Crippen LogP contribution in [0.15, 0.2) is 18.7 Å². The molecule has 15 heteroatoms. The number of rotatable bonds is 11. The standard InChI is InChI=1S/C22H22ClI3N2O9/c1-6-7-27(5)21(33)13-8-14(18(25)16(17(13)24)20(23)32)28(26)22(34)19(37-12(4)31)15(36-11(3)30)9-35-10(2)29/h6,8,15,19H,1,7,9H2,2-5H3.